The Kier molecular flexibility index (Phi) is 3.14. The molecule has 2 N–H and O–H groups in total. The highest BCUT2D eigenvalue weighted by Gasteiger charge is 2.29. The number of fused-ring (bicyclic) bond motifs is 1. The van der Waals surface area contributed by atoms with Crippen molar-refractivity contribution < 1.29 is 5.11 Å². The van der Waals surface area contributed by atoms with Gasteiger partial charge in [-0.15, -0.1) is 5.10 Å². The molecule has 0 atom stereocenters. The van der Waals surface area contributed by atoms with E-state index < -0.39 is 5.60 Å². The summed E-state index contributed by atoms with van der Waals surface area (Å²) in [5.41, 5.74) is 1.40. The lowest BCUT2D eigenvalue weighted by molar-refractivity contribution is 0.0166. The quantitative estimate of drug-likeness (QED) is 0.887. The van der Waals surface area contributed by atoms with E-state index in [2.05, 4.69) is 15.4 Å². The first-order valence-corrected chi connectivity index (χ1v) is 6.94. The van der Waals surface area contributed by atoms with Gasteiger partial charge < -0.3 is 10.4 Å². The van der Waals surface area contributed by atoms with Gasteiger partial charge in [0.1, 0.15) is 0 Å². The molecule has 1 aliphatic carbocycles. The van der Waals surface area contributed by atoms with Crippen molar-refractivity contribution in [2.45, 2.75) is 44.6 Å². The highest BCUT2D eigenvalue weighted by molar-refractivity contribution is 5.45. The van der Waals surface area contributed by atoms with Crippen LogP contribution in [0, 0.1) is 6.92 Å². The molecular weight excluding hydrogens is 240 g/mol. The van der Waals surface area contributed by atoms with E-state index in [-0.39, 0.29) is 0 Å². The first-order valence-electron chi connectivity index (χ1n) is 6.94. The Morgan fingerprint density at radius 2 is 2.16 bits per heavy atom. The molecule has 2 aromatic rings. The zero-order valence-corrected chi connectivity index (χ0v) is 11.3. The van der Waals surface area contributed by atoms with Crippen LogP contribution < -0.4 is 5.32 Å². The summed E-state index contributed by atoms with van der Waals surface area (Å²) in [6, 6.07) is 3.99. The number of pyridine rings is 1. The molecule has 0 aromatic carbocycles. The molecule has 0 radical (unpaired) electrons. The molecule has 0 spiro atoms. The van der Waals surface area contributed by atoms with Crippen LogP contribution in [0.2, 0.25) is 0 Å². The summed E-state index contributed by atoms with van der Waals surface area (Å²) >= 11 is 0. The number of aryl methyl sites for hydroxylation is 1. The van der Waals surface area contributed by atoms with E-state index in [1.54, 1.807) is 4.52 Å². The fourth-order valence-electron chi connectivity index (χ4n) is 2.69. The van der Waals surface area contributed by atoms with E-state index in [1.165, 1.54) is 6.42 Å². The van der Waals surface area contributed by atoms with E-state index >= 15 is 0 Å². The van der Waals surface area contributed by atoms with Gasteiger partial charge >= 0.3 is 0 Å². The Hall–Kier alpha value is -1.62. The van der Waals surface area contributed by atoms with Gasteiger partial charge in [-0.2, -0.15) is 4.98 Å². The van der Waals surface area contributed by atoms with Gasteiger partial charge in [0.05, 0.1) is 5.60 Å². The number of nitrogens with zero attached hydrogens (tertiary/aromatic N) is 3. The lowest BCUT2D eigenvalue weighted by atomic mass is 9.85. The molecule has 0 unspecified atom stereocenters. The smallest absolute Gasteiger partial charge is 0.243 e. The molecule has 0 saturated heterocycles. The highest BCUT2D eigenvalue weighted by Crippen LogP contribution is 2.28. The van der Waals surface area contributed by atoms with Crippen molar-refractivity contribution in [1.29, 1.82) is 0 Å². The first kappa shape index (κ1) is 12.4. The van der Waals surface area contributed by atoms with Crippen molar-refractivity contribution in [3.05, 3.63) is 23.9 Å². The zero-order chi connectivity index (χ0) is 13.3. The van der Waals surface area contributed by atoms with Gasteiger partial charge in [0.25, 0.3) is 0 Å². The maximum atomic E-state index is 10.4. The molecule has 1 aliphatic rings. The molecule has 102 valence electrons. The monoisotopic (exact) mass is 260 g/mol. The normalized spacial score (nSPS) is 18.6. The molecule has 0 amide bonds. The van der Waals surface area contributed by atoms with Crippen LogP contribution in [0.25, 0.3) is 5.65 Å². The van der Waals surface area contributed by atoms with Crippen LogP contribution in [0.5, 0.6) is 0 Å². The summed E-state index contributed by atoms with van der Waals surface area (Å²) in [4.78, 5) is 4.42. The zero-order valence-electron chi connectivity index (χ0n) is 11.3. The second-order valence-electron chi connectivity index (χ2n) is 5.58. The Morgan fingerprint density at radius 3 is 2.95 bits per heavy atom. The highest BCUT2D eigenvalue weighted by atomic mass is 16.3. The van der Waals surface area contributed by atoms with Gasteiger partial charge in [0, 0.05) is 12.7 Å². The van der Waals surface area contributed by atoms with Gasteiger partial charge in [-0.25, -0.2) is 4.52 Å². The molecule has 5 nitrogen and oxygen atoms in total. The topological polar surface area (TPSA) is 62.5 Å². The van der Waals surface area contributed by atoms with Crippen molar-refractivity contribution in [2.24, 2.45) is 0 Å². The minimum absolute atomic E-state index is 0.531. The largest absolute Gasteiger partial charge is 0.388 e. The number of anilines is 1. The predicted octanol–water partition coefficient (Wildman–Crippen LogP) is 2.14. The molecule has 19 heavy (non-hydrogen) atoms. The van der Waals surface area contributed by atoms with Gasteiger partial charge in [0.2, 0.25) is 5.95 Å². The SMILES string of the molecule is Cc1ccn2nc(NCC3(O)CCCCC3)nc2c1. The van der Waals surface area contributed by atoms with E-state index in [0.717, 1.165) is 36.9 Å². The molecule has 2 aromatic heterocycles. The summed E-state index contributed by atoms with van der Waals surface area (Å²) in [5.74, 6) is 0.588. The third-order valence-electron chi connectivity index (χ3n) is 3.85. The van der Waals surface area contributed by atoms with Crippen molar-refractivity contribution >= 4 is 11.6 Å². The minimum atomic E-state index is -0.592. The summed E-state index contributed by atoms with van der Waals surface area (Å²) in [7, 11) is 0. The molecule has 5 heteroatoms. The lowest BCUT2D eigenvalue weighted by Gasteiger charge is -2.31. The second-order valence-corrected chi connectivity index (χ2v) is 5.58. The van der Waals surface area contributed by atoms with Crippen molar-refractivity contribution in [3.8, 4) is 0 Å². The second kappa shape index (κ2) is 4.81. The van der Waals surface area contributed by atoms with Gasteiger partial charge in [-0.3, -0.25) is 0 Å². The maximum Gasteiger partial charge on any atom is 0.243 e. The molecule has 1 saturated carbocycles. The fourth-order valence-corrected chi connectivity index (χ4v) is 2.69. The molecule has 0 bridgehead atoms. The Balaban J connectivity index is 1.71. The van der Waals surface area contributed by atoms with Crippen molar-refractivity contribution in [3.63, 3.8) is 0 Å². The van der Waals surface area contributed by atoms with E-state index in [1.807, 2.05) is 25.3 Å². The fraction of sp³-hybridized carbons (Fsp3) is 0.571. The van der Waals surface area contributed by atoms with Gasteiger partial charge in [-0.1, -0.05) is 19.3 Å². The van der Waals surface area contributed by atoms with Crippen LogP contribution in [0.15, 0.2) is 18.3 Å². The number of hydrogen-bond acceptors (Lipinski definition) is 4. The number of aliphatic hydroxyl groups is 1. The standard InChI is InChI=1S/C14H20N4O/c1-11-5-8-18-12(9-11)16-13(17-18)15-10-14(19)6-3-2-4-7-14/h5,8-9,19H,2-4,6-7,10H2,1H3,(H,15,17). The van der Waals surface area contributed by atoms with Gasteiger partial charge in [-0.05, 0) is 37.5 Å². The first-order chi connectivity index (χ1) is 9.15. The molecule has 1 fully saturated rings. The van der Waals surface area contributed by atoms with Crippen LogP contribution in [-0.2, 0) is 0 Å². The number of aromatic nitrogens is 3. The predicted molar refractivity (Wildman–Crippen MR) is 74.2 cm³/mol. The van der Waals surface area contributed by atoms with Crippen LogP contribution in [-0.4, -0.2) is 31.9 Å². The summed E-state index contributed by atoms with van der Waals surface area (Å²) in [6.45, 7) is 2.56. The van der Waals surface area contributed by atoms with E-state index in [9.17, 15) is 5.11 Å². The van der Waals surface area contributed by atoms with E-state index in [0.29, 0.717) is 12.5 Å². The van der Waals surface area contributed by atoms with Crippen LogP contribution in [0.4, 0.5) is 5.95 Å². The number of hydrogen-bond donors (Lipinski definition) is 2. The molecular formula is C14H20N4O. The lowest BCUT2D eigenvalue weighted by Crippen LogP contribution is -2.39. The number of nitrogens with one attached hydrogen (secondary N) is 1. The summed E-state index contributed by atoms with van der Waals surface area (Å²) in [6.07, 6.45) is 7.08. The molecule has 3 rings (SSSR count). The molecule has 2 heterocycles. The third-order valence-corrected chi connectivity index (χ3v) is 3.85. The van der Waals surface area contributed by atoms with Crippen molar-refractivity contribution in [2.75, 3.05) is 11.9 Å². The third kappa shape index (κ3) is 2.71. The minimum Gasteiger partial charge on any atom is -0.388 e. The average molecular weight is 260 g/mol. The summed E-state index contributed by atoms with van der Waals surface area (Å²) in [5, 5.41) is 18.0. The Morgan fingerprint density at radius 1 is 1.37 bits per heavy atom. The van der Waals surface area contributed by atoms with Crippen LogP contribution >= 0.6 is 0 Å². The van der Waals surface area contributed by atoms with Crippen LogP contribution in [0.3, 0.4) is 0 Å². The molecule has 0 aliphatic heterocycles. The summed E-state index contributed by atoms with van der Waals surface area (Å²) < 4.78 is 1.75. The van der Waals surface area contributed by atoms with Crippen molar-refractivity contribution in [1.82, 2.24) is 14.6 Å². The average Bonchev–Trinajstić information content (AvgIpc) is 2.79. The Bertz CT molecular complexity index is 572. The number of rotatable bonds is 3. The van der Waals surface area contributed by atoms with Crippen LogP contribution in [0.1, 0.15) is 37.7 Å². The van der Waals surface area contributed by atoms with E-state index in [4.69, 9.17) is 0 Å². The van der Waals surface area contributed by atoms with Gasteiger partial charge in [0.15, 0.2) is 5.65 Å². The Labute approximate surface area is 112 Å². The maximum absolute atomic E-state index is 10.4.